The predicted molar refractivity (Wildman–Crippen MR) is 77.2 cm³/mol. The van der Waals surface area contributed by atoms with E-state index in [1.807, 2.05) is 13.0 Å². The number of carboxylic acid groups (broad SMARTS) is 1. The van der Waals surface area contributed by atoms with Crippen molar-refractivity contribution in [2.24, 2.45) is 0 Å². The Hall–Kier alpha value is -2.27. The third-order valence-electron chi connectivity index (χ3n) is 2.85. The highest BCUT2D eigenvalue weighted by atomic mass is 35.5. The van der Waals surface area contributed by atoms with Crippen molar-refractivity contribution in [2.75, 3.05) is 11.1 Å². The van der Waals surface area contributed by atoms with Gasteiger partial charge in [-0.15, -0.1) is 0 Å². The summed E-state index contributed by atoms with van der Waals surface area (Å²) in [6.07, 6.45) is 0. The maximum atomic E-state index is 13.9. The summed E-state index contributed by atoms with van der Waals surface area (Å²) in [5.74, 6) is -1.87. The molecule has 2 rings (SSSR count). The maximum absolute atomic E-state index is 13.9. The Bertz CT molecular complexity index is 669. The van der Waals surface area contributed by atoms with Crippen LogP contribution in [0, 0.1) is 12.7 Å². The fourth-order valence-electron chi connectivity index (χ4n) is 1.79. The molecule has 6 heteroatoms. The van der Waals surface area contributed by atoms with Crippen LogP contribution in [0.25, 0.3) is 0 Å². The minimum atomic E-state index is -1.22. The normalized spacial score (nSPS) is 10.3. The number of halogens is 2. The van der Waals surface area contributed by atoms with Crippen molar-refractivity contribution in [3.05, 3.63) is 52.3 Å². The van der Waals surface area contributed by atoms with Crippen molar-refractivity contribution in [3.8, 4) is 0 Å². The van der Waals surface area contributed by atoms with Crippen LogP contribution in [-0.2, 0) is 0 Å². The van der Waals surface area contributed by atoms with Crippen molar-refractivity contribution < 1.29 is 14.3 Å². The summed E-state index contributed by atoms with van der Waals surface area (Å²) >= 11 is 6.04. The molecule has 0 radical (unpaired) electrons. The molecule has 0 bridgehead atoms. The van der Waals surface area contributed by atoms with Crippen LogP contribution in [0.1, 0.15) is 15.9 Å². The molecule has 0 aliphatic heterocycles. The van der Waals surface area contributed by atoms with Gasteiger partial charge >= 0.3 is 5.97 Å². The van der Waals surface area contributed by atoms with Crippen LogP contribution in [0.5, 0.6) is 0 Å². The molecule has 0 atom stereocenters. The number of nitrogens with two attached hydrogens (primary N) is 1. The van der Waals surface area contributed by atoms with Crippen LogP contribution in [0.2, 0.25) is 5.02 Å². The number of hydrogen-bond acceptors (Lipinski definition) is 3. The number of carboxylic acids is 1. The van der Waals surface area contributed by atoms with Crippen molar-refractivity contribution >= 4 is 34.6 Å². The Kier molecular flexibility index (Phi) is 3.81. The number of carbonyl (C=O) groups is 1. The molecule has 2 aromatic rings. The summed E-state index contributed by atoms with van der Waals surface area (Å²) in [6, 6.07) is 7.35. The molecule has 20 heavy (non-hydrogen) atoms. The second-order valence-electron chi connectivity index (χ2n) is 4.28. The van der Waals surface area contributed by atoms with Gasteiger partial charge in [-0.25, -0.2) is 9.18 Å². The van der Waals surface area contributed by atoms with Crippen LogP contribution < -0.4 is 11.1 Å². The van der Waals surface area contributed by atoms with Crippen LogP contribution in [0.4, 0.5) is 21.5 Å². The van der Waals surface area contributed by atoms with E-state index in [1.54, 1.807) is 12.1 Å². The molecule has 4 N–H and O–H groups in total. The number of para-hydroxylation sites is 1. The quantitative estimate of drug-likeness (QED) is 0.752. The van der Waals surface area contributed by atoms with E-state index in [0.717, 1.165) is 17.7 Å². The average molecular weight is 295 g/mol. The van der Waals surface area contributed by atoms with E-state index in [0.29, 0.717) is 10.7 Å². The summed E-state index contributed by atoms with van der Waals surface area (Å²) < 4.78 is 13.9. The number of anilines is 3. The van der Waals surface area contributed by atoms with Crippen LogP contribution in [0.15, 0.2) is 30.3 Å². The fourth-order valence-corrected chi connectivity index (χ4v) is 2.06. The molecule has 2 aromatic carbocycles. The number of nitrogens with one attached hydrogen (secondary N) is 1. The van der Waals surface area contributed by atoms with Gasteiger partial charge < -0.3 is 16.2 Å². The molecule has 4 nitrogen and oxygen atoms in total. The Morgan fingerprint density at radius 2 is 2.10 bits per heavy atom. The minimum Gasteiger partial charge on any atom is -0.478 e. The van der Waals surface area contributed by atoms with Gasteiger partial charge in [0.2, 0.25) is 0 Å². The van der Waals surface area contributed by atoms with Gasteiger partial charge in [0.1, 0.15) is 5.82 Å². The Balaban J connectivity index is 2.49. The summed E-state index contributed by atoms with van der Waals surface area (Å²) in [6.45, 7) is 1.81. The van der Waals surface area contributed by atoms with Gasteiger partial charge in [-0.05, 0) is 30.7 Å². The van der Waals surface area contributed by atoms with E-state index in [4.69, 9.17) is 22.4 Å². The van der Waals surface area contributed by atoms with Gasteiger partial charge in [0.05, 0.1) is 22.0 Å². The molecule has 0 aliphatic carbocycles. The molecule has 0 aromatic heterocycles. The first-order chi connectivity index (χ1) is 9.40. The van der Waals surface area contributed by atoms with E-state index >= 15 is 0 Å². The Labute approximate surface area is 120 Å². The smallest absolute Gasteiger partial charge is 0.337 e. The lowest BCUT2D eigenvalue weighted by molar-refractivity contribution is 0.0698. The van der Waals surface area contributed by atoms with E-state index in [9.17, 15) is 9.18 Å². The largest absolute Gasteiger partial charge is 0.478 e. The summed E-state index contributed by atoms with van der Waals surface area (Å²) in [7, 11) is 0. The van der Waals surface area contributed by atoms with Crippen LogP contribution >= 0.6 is 11.6 Å². The molecule has 0 saturated heterocycles. The van der Waals surface area contributed by atoms with Gasteiger partial charge in [-0.3, -0.25) is 0 Å². The number of aromatic carboxylic acids is 1. The predicted octanol–water partition coefficient (Wildman–Crippen LogP) is 3.81. The SMILES string of the molecule is Cc1cccc(Cl)c1Nc1cc(C(=O)O)c(N)cc1F. The topological polar surface area (TPSA) is 75.3 Å². The molecular formula is C14H12ClFN2O2. The highest BCUT2D eigenvalue weighted by Gasteiger charge is 2.14. The molecular weight excluding hydrogens is 283 g/mol. The molecule has 0 spiro atoms. The van der Waals surface area contributed by atoms with Crippen LogP contribution in [-0.4, -0.2) is 11.1 Å². The van der Waals surface area contributed by atoms with E-state index < -0.39 is 11.8 Å². The van der Waals surface area contributed by atoms with Crippen molar-refractivity contribution in [1.82, 2.24) is 0 Å². The van der Waals surface area contributed by atoms with Crippen molar-refractivity contribution in [1.29, 1.82) is 0 Å². The lowest BCUT2D eigenvalue weighted by Gasteiger charge is -2.13. The summed E-state index contributed by atoms with van der Waals surface area (Å²) in [4.78, 5) is 11.0. The van der Waals surface area contributed by atoms with E-state index in [1.165, 1.54) is 0 Å². The fraction of sp³-hybridized carbons (Fsp3) is 0.0714. The first-order valence-corrected chi connectivity index (χ1v) is 6.12. The van der Waals surface area contributed by atoms with Crippen LogP contribution in [0.3, 0.4) is 0 Å². The number of rotatable bonds is 3. The summed E-state index contributed by atoms with van der Waals surface area (Å²) in [5, 5.41) is 12.2. The molecule has 0 fully saturated rings. The van der Waals surface area contributed by atoms with E-state index in [2.05, 4.69) is 5.32 Å². The third-order valence-corrected chi connectivity index (χ3v) is 3.17. The van der Waals surface area contributed by atoms with Gasteiger partial charge in [-0.1, -0.05) is 23.7 Å². The molecule has 0 saturated carbocycles. The average Bonchev–Trinajstić information content (AvgIpc) is 2.35. The third kappa shape index (κ3) is 2.67. The highest BCUT2D eigenvalue weighted by Crippen LogP contribution is 2.31. The van der Waals surface area contributed by atoms with Crippen molar-refractivity contribution in [2.45, 2.75) is 6.92 Å². The zero-order valence-electron chi connectivity index (χ0n) is 10.6. The van der Waals surface area contributed by atoms with E-state index in [-0.39, 0.29) is 16.9 Å². The summed E-state index contributed by atoms with van der Waals surface area (Å²) in [5.41, 5.74) is 6.51. The Morgan fingerprint density at radius 3 is 2.70 bits per heavy atom. The Morgan fingerprint density at radius 1 is 1.40 bits per heavy atom. The first kappa shape index (κ1) is 14.1. The number of benzene rings is 2. The van der Waals surface area contributed by atoms with Gasteiger partial charge in [0.25, 0.3) is 0 Å². The van der Waals surface area contributed by atoms with Gasteiger partial charge in [-0.2, -0.15) is 0 Å². The van der Waals surface area contributed by atoms with Gasteiger partial charge in [0, 0.05) is 5.69 Å². The lowest BCUT2D eigenvalue weighted by Crippen LogP contribution is -2.06. The standard InChI is InChI=1S/C14H12ClFN2O2/c1-7-3-2-4-9(15)13(7)18-12-5-8(14(19)20)11(17)6-10(12)16/h2-6,18H,17H2,1H3,(H,19,20). The zero-order chi connectivity index (χ0) is 14.9. The molecule has 104 valence electrons. The number of nitrogen functional groups attached to an aromatic ring is 1. The van der Waals surface area contributed by atoms with Gasteiger partial charge in [0.15, 0.2) is 0 Å². The molecule has 0 unspecified atom stereocenters. The number of aryl methyl sites for hydroxylation is 1. The van der Waals surface area contributed by atoms with Crippen molar-refractivity contribution in [3.63, 3.8) is 0 Å². The molecule has 0 aliphatic rings. The lowest BCUT2D eigenvalue weighted by atomic mass is 10.1. The minimum absolute atomic E-state index is 0.00722. The second kappa shape index (κ2) is 5.38. The highest BCUT2D eigenvalue weighted by molar-refractivity contribution is 6.33. The number of hydrogen-bond donors (Lipinski definition) is 3. The molecule has 0 heterocycles. The maximum Gasteiger partial charge on any atom is 0.337 e. The first-order valence-electron chi connectivity index (χ1n) is 5.74. The zero-order valence-corrected chi connectivity index (χ0v) is 11.3. The monoisotopic (exact) mass is 294 g/mol. The second-order valence-corrected chi connectivity index (χ2v) is 4.69. The molecule has 0 amide bonds.